The van der Waals surface area contributed by atoms with Crippen molar-refractivity contribution in [1.82, 2.24) is 14.8 Å². The number of fused-ring (bicyclic) bond motifs is 1. The summed E-state index contributed by atoms with van der Waals surface area (Å²) in [5.41, 5.74) is 6.63. The van der Waals surface area contributed by atoms with Crippen molar-refractivity contribution in [3.63, 3.8) is 0 Å². The van der Waals surface area contributed by atoms with Gasteiger partial charge < -0.3 is 15.5 Å². The fourth-order valence-electron chi connectivity index (χ4n) is 3.99. The smallest absolute Gasteiger partial charge is 0.227 e. The number of aryl methyl sites for hydroxylation is 2. The van der Waals surface area contributed by atoms with Gasteiger partial charge in [0.25, 0.3) is 0 Å². The van der Waals surface area contributed by atoms with Crippen LogP contribution in [0.3, 0.4) is 0 Å². The van der Waals surface area contributed by atoms with Crippen LogP contribution in [0.15, 0.2) is 0 Å². The van der Waals surface area contributed by atoms with Crippen molar-refractivity contribution >= 4 is 23.2 Å². The molecule has 0 aliphatic carbocycles. The molecule has 0 radical (unpaired) electrons. The van der Waals surface area contributed by atoms with Crippen LogP contribution in [0, 0.1) is 19.8 Å². The Hall–Kier alpha value is -1.47. The van der Waals surface area contributed by atoms with E-state index in [2.05, 4.69) is 4.98 Å². The molecule has 2 saturated heterocycles. The van der Waals surface area contributed by atoms with Gasteiger partial charge in [0.05, 0.1) is 17.1 Å². The van der Waals surface area contributed by atoms with Crippen LogP contribution in [-0.2, 0) is 16.0 Å². The summed E-state index contributed by atoms with van der Waals surface area (Å²) in [7, 11) is 0. The summed E-state index contributed by atoms with van der Waals surface area (Å²) in [6.07, 6.45) is 2.77. The first-order valence-electron chi connectivity index (χ1n) is 8.69. The molecule has 6 nitrogen and oxygen atoms in total. The predicted molar refractivity (Wildman–Crippen MR) is 93.8 cm³/mol. The average molecular weight is 350 g/mol. The summed E-state index contributed by atoms with van der Waals surface area (Å²) < 4.78 is 0. The van der Waals surface area contributed by atoms with E-state index in [1.165, 1.54) is 0 Å². The van der Waals surface area contributed by atoms with Crippen molar-refractivity contribution in [2.75, 3.05) is 26.2 Å². The molecule has 0 spiro atoms. The first-order valence-corrected chi connectivity index (χ1v) is 9.51. The summed E-state index contributed by atoms with van der Waals surface area (Å²) in [5.74, 6) is 0.788. The van der Waals surface area contributed by atoms with Crippen LogP contribution in [0.1, 0.15) is 34.8 Å². The normalized spacial score (nSPS) is 24.2. The highest BCUT2D eigenvalue weighted by atomic mass is 32.1. The van der Waals surface area contributed by atoms with Gasteiger partial charge in [-0.25, -0.2) is 4.98 Å². The monoisotopic (exact) mass is 350 g/mol. The number of carbonyl (C=O) groups is 2. The number of amides is 2. The van der Waals surface area contributed by atoms with Crippen LogP contribution in [0.4, 0.5) is 0 Å². The zero-order valence-electron chi connectivity index (χ0n) is 14.5. The quantitative estimate of drug-likeness (QED) is 0.882. The number of hydrogen-bond acceptors (Lipinski definition) is 5. The molecule has 0 bridgehead atoms. The van der Waals surface area contributed by atoms with E-state index in [0.717, 1.165) is 41.5 Å². The maximum Gasteiger partial charge on any atom is 0.227 e. The Bertz CT molecular complexity index is 630. The Labute approximate surface area is 147 Å². The number of likely N-dealkylation sites (tertiary alicyclic amines) is 2. The Morgan fingerprint density at radius 2 is 2.17 bits per heavy atom. The summed E-state index contributed by atoms with van der Waals surface area (Å²) in [5, 5.41) is 1.01. The Morgan fingerprint density at radius 1 is 1.38 bits per heavy atom. The van der Waals surface area contributed by atoms with Crippen molar-refractivity contribution in [1.29, 1.82) is 0 Å². The minimum Gasteiger partial charge on any atom is -0.342 e. The molecular formula is C17H26N4O2S. The number of aromatic nitrogens is 1. The summed E-state index contributed by atoms with van der Waals surface area (Å²) >= 11 is 1.61. The minimum atomic E-state index is 0.183. The van der Waals surface area contributed by atoms with Crippen molar-refractivity contribution < 1.29 is 9.59 Å². The fraction of sp³-hybridized carbons (Fsp3) is 0.706. The Morgan fingerprint density at radius 3 is 2.83 bits per heavy atom. The van der Waals surface area contributed by atoms with Gasteiger partial charge in [0.1, 0.15) is 0 Å². The maximum atomic E-state index is 12.7. The van der Waals surface area contributed by atoms with Crippen LogP contribution < -0.4 is 5.73 Å². The molecule has 7 heteroatoms. The third-order valence-corrected chi connectivity index (χ3v) is 6.25. The molecular weight excluding hydrogens is 324 g/mol. The summed E-state index contributed by atoms with van der Waals surface area (Å²) in [6.45, 7) is 6.56. The van der Waals surface area contributed by atoms with Crippen LogP contribution >= 0.6 is 11.3 Å². The van der Waals surface area contributed by atoms with Gasteiger partial charge in [0, 0.05) is 43.5 Å². The van der Waals surface area contributed by atoms with E-state index in [4.69, 9.17) is 5.73 Å². The number of rotatable bonds is 4. The predicted octanol–water partition coefficient (Wildman–Crippen LogP) is 1.10. The second-order valence-electron chi connectivity index (χ2n) is 6.79. The van der Waals surface area contributed by atoms with Gasteiger partial charge in [-0.3, -0.25) is 9.59 Å². The zero-order chi connectivity index (χ0) is 17.3. The molecule has 24 heavy (non-hydrogen) atoms. The Kier molecular flexibility index (Phi) is 5.20. The average Bonchev–Trinajstić information content (AvgIpc) is 2.87. The molecule has 3 heterocycles. The topological polar surface area (TPSA) is 79.5 Å². The largest absolute Gasteiger partial charge is 0.342 e. The molecule has 2 unspecified atom stereocenters. The van der Waals surface area contributed by atoms with Crippen molar-refractivity contribution in [3.8, 4) is 0 Å². The maximum absolute atomic E-state index is 12.7. The third-order valence-electron chi connectivity index (χ3n) is 5.18. The molecule has 2 aliphatic heterocycles. The lowest BCUT2D eigenvalue weighted by molar-refractivity contribution is -0.143. The van der Waals surface area contributed by atoms with E-state index in [0.29, 0.717) is 31.8 Å². The lowest BCUT2D eigenvalue weighted by Gasteiger charge is -2.47. The molecule has 132 valence electrons. The second-order valence-corrected chi connectivity index (χ2v) is 8.08. The van der Waals surface area contributed by atoms with Crippen LogP contribution in [0.2, 0.25) is 0 Å². The standard InChI is InChI=1S/C17H26N4O2S/c1-11-15(24-12(2)19-11)9-17(23)20-7-5-14-13(10-20)3-4-16(22)21(14)8-6-18/h13-14H,3-10,18H2,1-2H3. The van der Waals surface area contributed by atoms with E-state index in [1.54, 1.807) is 11.3 Å². The van der Waals surface area contributed by atoms with E-state index in [1.807, 2.05) is 23.6 Å². The van der Waals surface area contributed by atoms with Crippen LogP contribution in [0.5, 0.6) is 0 Å². The molecule has 0 saturated carbocycles. The highest BCUT2D eigenvalue weighted by molar-refractivity contribution is 7.11. The van der Waals surface area contributed by atoms with Crippen molar-refractivity contribution in [3.05, 3.63) is 15.6 Å². The van der Waals surface area contributed by atoms with Gasteiger partial charge in [0.15, 0.2) is 0 Å². The molecule has 1 aromatic rings. The SMILES string of the molecule is Cc1nc(C)c(CC(=O)N2CCC3C(CCC(=O)N3CCN)C2)s1. The van der Waals surface area contributed by atoms with Gasteiger partial charge in [0.2, 0.25) is 11.8 Å². The Balaban J connectivity index is 1.63. The van der Waals surface area contributed by atoms with Crippen molar-refractivity contribution in [2.45, 2.75) is 45.6 Å². The number of piperidine rings is 2. The van der Waals surface area contributed by atoms with Gasteiger partial charge in [-0.15, -0.1) is 11.3 Å². The van der Waals surface area contributed by atoms with E-state index >= 15 is 0 Å². The van der Waals surface area contributed by atoms with Gasteiger partial charge in [-0.05, 0) is 32.6 Å². The van der Waals surface area contributed by atoms with Crippen LogP contribution in [-0.4, -0.2) is 58.8 Å². The van der Waals surface area contributed by atoms with Crippen LogP contribution in [0.25, 0.3) is 0 Å². The van der Waals surface area contributed by atoms with Gasteiger partial charge >= 0.3 is 0 Å². The molecule has 2 atom stereocenters. The third kappa shape index (κ3) is 3.47. The number of hydrogen-bond donors (Lipinski definition) is 1. The highest BCUT2D eigenvalue weighted by Gasteiger charge is 2.39. The highest BCUT2D eigenvalue weighted by Crippen LogP contribution is 2.31. The fourth-order valence-corrected chi connectivity index (χ4v) is 4.92. The first kappa shape index (κ1) is 17.4. The van der Waals surface area contributed by atoms with Crippen molar-refractivity contribution in [2.24, 2.45) is 11.7 Å². The number of thiazole rings is 1. The number of carbonyl (C=O) groups excluding carboxylic acids is 2. The molecule has 2 fully saturated rings. The summed E-state index contributed by atoms with van der Waals surface area (Å²) in [4.78, 5) is 34.2. The molecule has 0 aromatic carbocycles. The molecule has 1 aromatic heterocycles. The number of nitrogens with zero attached hydrogens (tertiary/aromatic N) is 3. The first-order chi connectivity index (χ1) is 11.5. The lowest BCUT2D eigenvalue weighted by Crippen LogP contribution is -2.57. The van der Waals surface area contributed by atoms with E-state index in [-0.39, 0.29) is 17.9 Å². The number of nitrogens with two attached hydrogens (primary N) is 1. The van der Waals surface area contributed by atoms with E-state index < -0.39 is 0 Å². The lowest BCUT2D eigenvalue weighted by atomic mass is 9.83. The van der Waals surface area contributed by atoms with Gasteiger partial charge in [-0.2, -0.15) is 0 Å². The van der Waals surface area contributed by atoms with Gasteiger partial charge in [-0.1, -0.05) is 0 Å². The minimum absolute atomic E-state index is 0.183. The zero-order valence-corrected chi connectivity index (χ0v) is 15.3. The molecule has 2 aliphatic rings. The molecule has 2 N–H and O–H groups in total. The molecule has 2 amide bonds. The second kappa shape index (κ2) is 7.19. The molecule has 3 rings (SSSR count). The van der Waals surface area contributed by atoms with E-state index in [9.17, 15) is 9.59 Å². The summed E-state index contributed by atoms with van der Waals surface area (Å²) in [6, 6.07) is 0.256.